The number of hydrazine groups is 1. The highest BCUT2D eigenvalue weighted by atomic mass is 19.1. The van der Waals surface area contributed by atoms with Gasteiger partial charge in [-0.15, -0.1) is 0 Å². The molecule has 0 bridgehead atoms. The van der Waals surface area contributed by atoms with Crippen LogP contribution in [0.3, 0.4) is 0 Å². The van der Waals surface area contributed by atoms with E-state index in [2.05, 4.69) is 15.4 Å². The molecule has 17 heavy (non-hydrogen) atoms. The Morgan fingerprint density at radius 1 is 1.24 bits per heavy atom. The quantitative estimate of drug-likeness (QED) is 0.537. The van der Waals surface area contributed by atoms with Gasteiger partial charge in [0.1, 0.15) is 11.6 Å². The Labute approximate surface area is 97.7 Å². The molecule has 0 fully saturated rings. The molecular weight excluding hydrogens is 221 g/mol. The summed E-state index contributed by atoms with van der Waals surface area (Å²) in [5.41, 5.74) is 9.27. The summed E-state index contributed by atoms with van der Waals surface area (Å²) in [5.74, 6) is 5.32. The van der Waals surface area contributed by atoms with E-state index < -0.39 is 11.9 Å². The molecule has 1 unspecified atom stereocenters. The number of hydrogen-bond donors (Lipinski definition) is 3. The third kappa shape index (κ3) is 2.22. The van der Waals surface area contributed by atoms with Crippen molar-refractivity contribution >= 4 is 5.82 Å². The first kappa shape index (κ1) is 11.4. The van der Waals surface area contributed by atoms with Crippen LogP contribution < -0.4 is 17.0 Å². The van der Waals surface area contributed by atoms with E-state index in [1.807, 2.05) is 0 Å². The molecule has 0 aliphatic heterocycles. The number of pyridine rings is 2. The SMILES string of the molecule is NNC(c1ccncc1F)c1cccnc1N. The minimum Gasteiger partial charge on any atom is -0.383 e. The summed E-state index contributed by atoms with van der Waals surface area (Å²) < 4.78 is 13.6. The lowest BCUT2D eigenvalue weighted by Gasteiger charge is -2.18. The Morgan fingerprint density at radius 2 is 2.06 bits per heavy atom. The Morgan fingerprint density at radius 3 is 2.71 bits per heavy atom. The summed E-state index contributed by atoms with van der Waals surface area (Å²) in [4.78, 5) is 7.63. The third-order valence-electron chi connectivity index (χ3n) is 2.46. The lowest BCUT2D eigenvalue weighted by molar-refractivity contribution is 0.556. The van der Waals surface area contributed by atoms with Crippen LogP contribution in [0.5, 0.6) is 0 Å². The summed E-state index contributed by atoms with van der Waals surface area (Å²) in [6, 6.07) is 4.46. The summed E-state index contributed by atoms with van der Waals surface area (Å²) >= 11 is 0. The highest BCUT2D eigenvalue weighted by molar-refractivity contribution is 5.45. The topological polar surface area (TPSA) is 89.8 Å². The van der Waals surface area contributed by atoms with Gasteiger partial charge in [-0.2, -0.15) is 0 Å². The fourth-order valence-electron chi connectivity index (χ4n) is 1.64. The van der Waals surface area contributed by atoms with Gasteiger partial charge in [0.2, 0.25) is 0 Å². The van der Waals surface area contributed by atoms with Gasteiger partial charge < -0.3 is 5.73 Å². The molecule has 0 saturated carbocycles. The fourth-order valence-corrected chi connectivity index (χ4v) is 1.64. The summed E-state index contributed by atoms with van der Waals surface area (Å²) in [5, 5.41) is 0. The molecule has 0 amide bonds. The molecule has 88 valence electrons. The standard InChI is InChI=1S/C11H12FN5/c12-9-6-15-5-3-7(9)10(17-14)8-2-1-4-16-11(8)13/h1-6,10,17H,14H2,(H2,13,16). The van der Waals surface area contributed by atoms with Crippen LogP contribution >= 0.6 is 0 Å². The van der Waals surface area contributed by atoms with E-state index in [1.165, 1.54) is 6.20 Å². The van der Waals surface area contributed by atoms with E-state index in [4.69, 9.17) is 11.6 Å². The zero-order chi connectivity index (χ0) is 12.3. The number of nitrogens with two attached hydrogens (primary N) is 2. The van der Waals surface area contributed by atoms with Crippen LogP contribution in [0.4, 0.5) is 10.2 Å². The number of anilines is 1. The summed E-state index contributed by atoms with van der Waals surface area (Å²) in [6.45, 7) is 0. The number of nitrogens with zero attached hydrogens (tertiary/aromatic N) is 2. The highest BCUT2D eigenvalue weighted by Crippen LogP contribution is 2.25. The zero-order valence-electron chi connectivity index (χ0n) is 8.97. The van der Waals surface area contributed by atoms with Crippen LogP contribution in [0.2, 0.25) is 0 Å². The minimum absolute atomic E-state index is 0.312. The first-order valence-electron chi connectivity index (χ1n) is 5.00. The molecular formula is C11H12FN5. The summed E-state index contributed by atoms with van der Waals surface area (Å²) in [6.07, 6.45) is 4.19. The van der Waals surface area contributed by atoms with Crippen molar-refractivity contribution in [3.8, 4) is 0 Å². The number of rotatable bonds is 3. The molecule has 1 atom stereocenters. The van der Waals surface area contributed by atoms with E-state index in [0.717, 1.165) is 6.20 Å². The van der Waals surface area contributed by atoms with Crippen molar-refractivity contribution in [3.63, 3.8) is 0 Å². The molecule has 5 nitrogen and oxygen atoms in total. The molecule has 0 saturated heterocycles. The molecule has 0 spiro atoms. The molecule has 0 aromatic carbocycles. The van der Waals surface area contributed by atoms with Crippen molar-refractivity contribution in [2.45, 2.75) is 6.04 Å². The van der Waals surface area contributed by atoms with Crippen molar-refractivity contribution in [3.05, 3.63) is 53.7 Å². The molecule has 0 aliphatic rings. The van der Waals surface area contributed by atoms with Crippen LogP contribution in [0.15, 0.2) is 36.8 Å². The van der Waals surface area contributed by atoms with Gasteiger partial charge in [-0.25, -0.2) is 14.8 Å². The first-order chi connectivity index (χ1) is 8.24. The van der Waals surface area contributed by atoms with E-state index in [0.29, 0.717) is 16.9 Å². The Kier molecular flexibility index (Phi) is 3.27. The second-order valence-electron chi connectivity index (χ2n) is 3.47. The van der Waals surface area contributed by atoms with E-state index in [1.54, 1.807) is 24.4 Å². The van der Waals surface area contributed by atoms with Gasteiger partial charge in [0.25, 0.3) is 0 Å². The normalized spacial score (nSPS) is 12.4. The molecule has 0 radical (unpaired) electrons. The molecule has 2 aromatic rings. The first-order valence-corrected chi connectivity index (χ1v) is 5.00. The van der Waals surface area contributed by atoms with Crippen molar-refractivity contribution in [1.29, 1.82) is 0 Å². The predicted molar refractivity (Wildman–Crippen MR) is 62.0 cm³/mol. The average Bonchev–Trinajstić information content (AvgIpc) is 2.34. The average molecular weight is 233 g/mol. The fraction of sp³-hybridized carbons (Fsp3) is 0.0909. The lowest BCUT2D eigenvalue weighted by Crippen LogP contribution is -2.30. The second kappa shape index (κ2) is 4.86. The van der Waals surface area contributed by atoms with Gasteiger partial charge >= 0.3 is 0 Å². The molecule has 5 N–H and O–H groups in total. The Balaban J connectivity index is 2.48. The minimum atomic E-state index is -0.549. The van der Waals surface area contributed by atoms with Crippen LogP contribution in [0.25, 0.3) is 0 Å². The zero-order valence-corrected chi connectivity index (χ0v) is 8.97. The molecule has 2 rings (SSSR count). The lowest BCUT2D eigenvalue weighted by atomic mass is 10.0. The van der Waals surface area contributed by atoms with Crippen molar-refractivity contribution in [2.24, 2.45) is 5.84 Å². The number of nitrogen functional groups attached to an aromatic ring is 1. The van der Waals surface area contributed by atoms with Gasteiger partial charge in [0.05, 0.1) is 12.2 Å². The molecule has 6 heteroatoms. The van der Waals surface area contributed by atoms with E-state index >= 15 is 0 Å². The van der Waals surface area contributed by atoms with Gasteiger partial charge in [-0.05, 0) is 12.1 Å². The largest absolute Gasteiger partial charge is 0.383 e. The number of halogens is 1. The Hall–Kier alpha value is -2.05. The van der Waals surface area contributed by atoms with E-state index in [-0.39, 0.29) is 0 Å². The number of aromatic nitrogens is 2. The number of hydrogen-bond acceptors (Lipinski definition) is 5. The molecule has 0 aliphatic carbocycles. The van der Waals surface area contributed by atoms with Gasteiger partial charge in [0.15, 0.2) is 0 Å². The van der Waals surface area contributed by atoms with Gasteiger partial charge in [-0.3, -0.25) is 10.8 Å². The smallest absolute Gasteiger partial charge is 0.146 e. The van der Waals surface area contributed by atoms with Gasteiger partial charge in [-0.1, -0.05) is 6.07 Å². The third-order valence-corrected chi connectivity index (χ3v) is 2.46. The number of nitrogens with one attached hydrogen (secondary N) is 1. The van der Waals surface area contributed by atoms with E-state index in [9.17, 15) is 4.39 Å². The van der Waals surface area contributed by atoms with Crippen molar-refractivity contribution < 1.29 is 4.39 Å². The molecule has 2 heterocycles. The maximum absolute atomic E-state index is 13.6. The summed E-state index contributed by atoms with van der Waals surface area (Å²) in [7, 11) is 0. The van der Waals surface area contributed by atoms with Crippen molar-refractivity contribution in [1.82, 2.24) is 15.4 Å². The van der Waals surface area contributed by atoms with Gasteiger partial charge in [0, 0.05) is 23.5 Å². The van der Waals surface area contributed by atoms with Crippen LogP contribution in [0, 0.1) is 5.82 Å². The maximum atomic E-state index is 13.6. The highest BCUT2D eigenvalue weighted by Gasteiger charge is 2.18. The molecule has 2 aromatic heterocycles. The maximum Gasteiger partial charge on any atom is 0.146 e. The van der Waals surface area contributed by atoms with Crippen LogP contribution in [-0.4, -0.2) is 9.97 Å². The second-order valence-corrected chi connectivity index (χ2v) is 3.47. The van der Waals surface area contributed by atoms with Crippen molar-refractivity contribution in [2.75, 3.05) is 5.73 Å². The monoisotopic (exact) mass is 233 g/mol. The Bertz CT molecular complexity index is 471. The van der Waals surface area contributed by atoms with Crippen LogP contribution in [0.1, 0.15) is 17.2 Å². The van der Waals surface area contributed by atoms with Crippen LogP contribution in [-0.2, 0) is 0 Å². The predicted octanol–water partition coefficient (Wildman–Crippen LogP) is 0.751.